The summed E-state index contributed by atoms with van der Waals surface area (Å²) < 4.78 is 1.83. The third kappa shape index (κ3) is 3.17. The first-order valence-corrected chi connectivity index (χ1v) is 8.34. The molecule has 2 fully saturated rings. The Kier molecular flexibility index (Phi) is 4.04. The quantitative estimate of drug-likeness (QED) is 0.815. The number of piperazine rings is 1. The molecule has 2 aromatic rings. The zero-order valence-electron chi connectivity index (χ0n) is 13.7. The van der Waals surface area contributed by atoms with E-state index in [4.69, 9.17) is 0 Å². The molecule has 0 aliphatic carbocycles. The van der Waals surface area contributed by atoms with Gasteiger partial charge < -0.3 is 15.1 Å². The van der Waals surface area contributed by atoms with Crippen LogP contribution < -0.4 is 10.2 Å². The number of nitrogens with one attached hydrogen (secondary N) is 1. The normalized spacial score (nSPS) is 20.6. The smallest absolute Gasteiger partial charge is 0.245 e. The maximum absolute atomic E-state index is 12.5. The summed E-state index contributed by atoms with van der Waals surface area (Å²) in [5.41, 5.74) is 0. The summed E-state index contributed by atoms with van der Waals surface area (Å²) in [6, 6.07) is 1.56. The number of rotatable bonds is 3. The van der Waals surface area contributed by atoms with E-state index in [1.54, 1.807) is 12.5 Å². The zero-order chi connectivity index (χ0) is 17.2. The second kappa shape index (κ2) is 6.50. The van der Waals surface area contributed by atoms with Crippen molar-refractivity contribution in [1.29, 1.82) is 0 Å². The SMILES string of the molecule is O=C1CCC(C(=O)N2CCN(c3cc(-n4ccnc4)ncn3)CC2)N1. The summed E-state index contributed by atoms with van der Waals surface area (Å²) in [6.07, 6.45) is 7.80. The van der Waals surface area contributed by atoms with Crippen LogP contribution in [-0.2, 0) is 9.59 Å². The highest BCUT2D eigenvalue weighted by Gasteiger charge is 2.32. The van der Waals surface area contributed by atoms with Crippen molar-refractivity contribution in [1.82, 2.24) is 29.7 Å². The molecule has 0 saturated carbocycles. The monoisotopic (exact) mass is 341 g/mol. The fourth-order valence-corrected chi connectivity index (χ4v) is 3.22. The van der Waals surface area contributed by atoms with Crippen LogP contribution >= 0.6 is 0 Å². The second-order valence-electron chi connectivity index (χ2n) is 6.18. The zero-order valence-corrected chi connectivity index (χ0v) is 13.7. The number of nitrogens with zero attached hydrogens (tertiary/aromatic N) is 6. The molecule has 130 valence electrons. The molecular weight excluding hydrogens is 322 g/mol. The Morgan fingerprint density at radius 3 is 2.64 bits per heavy atom. The fourth-order valence-electron chi connectivity index (χ4n) is 3.22. The fraction of sp³-hybridized carbons (Fsp3) is 0.438. The molecule has 25 heavy (non-hydrogen) atoms. The largest absolute Gasteiger partial charge is 0.353 e. The lowest BCUT2D eigenvalue weighted by molar-refractivity contribution is -0.134. The van der Waals surface area contributed by atoms with Gasteiger partial charge in [0.2, 0.25) is 11.8 Å². The molecule has 9 nitrogen and oxygen atoms in total. The summed E-state index contributed by atoms with van der Waals surface area (Å²) in [6.45, 7) is 2.64. The molecule has 0 spiro atoms. The number of anilines is 1. The van der Waals surface area contributed by atoms with Crippen LogP contribution in [0.25, 0.3) is 5.82 Å². The van der Waals surface area contributed by atoms with E-state index >= 15 is 0 Å². The highest BCUT2D eigenvalue weighted by molar-refractivity contribution is 5.90. The average molecular weight is 341 g/mol. The van der Waals surface area contributed by atoms with E-state index in [2.05, 4.69) is 25.2 Å². The van der Waals surface area contributed by atoms with Gasteiger partial charge in [-0.3, -0.25) is 14.2 Å². The van der Waals surface area contributed by atoms with E-state index in [0.717, 1.165) is 11.6 Å². The van der Waals surface area contributed by atoms with E-state index in [1.165, 1.54) is 6.33 Å². The van der Waals surface area contributed by atoms with E-state index < -0.39 is 0 Å². The second-order valence-corrected chi connectivity index (χ2v) is 6.18. The van der Waals surface area contributed by atoms with Crippen LogP contribution in [0, 0.1) is 0 Å². The minimum Gasteiger partial charge on any atom is -0.353 e. The Morgan fingerprint density at radius 1 is 1.16 bits per heavy atom. The molecule has 2 aliphatic rings. The van der Waals surface area contributed by atoms with Crippen molar-refractivity contribution in [2.75, 3.05) is 31.1 Å². The summed E-state index contributed by atoms with van der Waals surface area (Å²) in [4.78, 5) is 40.4. The number of hydrogen-bond acceptors (Lipinski definition) is 6. The van der Waals surface area contributed by atoms with Gasteiger partial charge in [-0.15, -0.1) is 0 Å². The number of hydrogen-bond donors (Lipinski definition) is 1. The van der Waals surface area contributed by atoms with Crippen LogP contribution in [0.5, 0.6) is 0 Å². The van der Waals surface area contributed by atoms with Gasteiger partial charge in [-0.25, -0.2) is 15.0 Å². The molecule has 2 amide bonds. The van der Waals surface area contributed by atoms with Gasteiger partial charge in [-0.2, -0.15) is 0 Å². The van der Waals surface area contributed by atoms with Gasteiger partial charge in [0.15, 0.2) is 0 Å². The molecule has 4 heterocycles. The van der Waals surface area contributed by atoms with Gasteiger partial charge in [0.1, 0.15) is 30.3 Å². The van der Waals surface area contributed by atoms with Crippen LogP contribution in [0.4, 0.5) is 5.82 Å². The van der Waals surface area contributed by atoms with Crippen molar-refractivity contribution in [2.45, 2.75) is 18.9 Å². The highest BCUT2D eigenvalue weighted by Crippen LogP contribution is 2.17. The van der Waals surface area contributed by atoms with E-state index in [1.807, 2.05) is 21.7 Å². The summed E-state index contributed by atoms with van der Waals surface area (Å²) in [5.74, 6) is 1.58. The van der Waals surface area contributed by atoms with Crippen molar-refractivity contribution < 1.29 is 9.59 Å². The third-order valence-corrected chi connectivity index (χ3v) is 4.62. The van der Waals surface area contributed by atoms with Gasteiger partial charge in [-0.05, 0) is 6.42 Å². The standard InChI is InChI=1S/C16H19N7O2/c24-15-2-1-12(20-15)16(25)22-7-5-21(6-8-22)13-9-14(19-10-18-13)23-4-3-17-11-23/h3-4,9-12H,1-2,5-8H2,(H,20,24). The van der Waals surface area contributed by atoms with Gasteiger partial charge in [0.05, 0.1) is 0 Å². The summed E-state index contributed by atoms with van der Waals surface area (Å²) in [5, 5.41) is 2.74. The molecule has 1 N–H and O–H groups in total. The van der Waals surface area contributed by atoms with Crippen LogP contribution in [0.15, 0.2) is 31.1 Å². The molecule has 9 heteroatoms. The number of carbonyl (C=O) groups is 2. The molecular formula is C16H19N7O2. The van der Waals surface area contributed by atoms with Crippen molar-refractivity contribution in [3.63, 3.8) is 0 Å². The Hall–Kier alpha value is -2.97. The van der Waals surface area contributed by atoms with Crippen molar-refractivity contribution in [3.8, 4) is 5.82 Å². The van der Waals surface area contributed by atoms with Gasteiger partial charge in [0.25, 0.3) is 0 Å². The first-order chi connectivity index (χ1) is 12.2. The lowest BCUT2D eigenvalue weighted by Gasteiger charge is -2.36. The molecule has 1 unspecified atom stereocenters. The van der Waals surface area contributed by atoms with Crippen LogP contribution in [0.3, 0.4) is 0 Å². The Bertz CT molecular complexity index is 769. The van der Waals surface area contributed by atoms with Crippen molar-refractivity contribution in [3.05, 3.63) is 31.1 Å². The van der Waals surface area contributed by atoms with Gasteiger partial charge in [-0.1, -0.05) is 0 Å². The highest BCUT2D eigenvalue weighted by atomic mass is 16.2. The lowest BCUT2D eigenvalue weighted by Crippen LogP contribution is -2.53. The molecule has 2 aromatic heterocycles. The minimum atomic E-state index is -0.356. The first kappa shape index (κ1) is 15.6. The third-order valence-electron chi connectivity index (χ3n) is 4.62. The number of aromatic nitrogens is 4. The number of amides is 2. The van der Waals surface area contributed by atoms with E-state index in [0.29, 0.717) is 39.0 Å². The summed E-state index contributed by atoms with van der Waals surface area (Å²) in [7, 11) is 0. The molecule has 0 aromatic carbocycles. The Balaban J connectivity index is 1.40. The maximum Gasteiger partial charge on any atom is 0.245 e. The Labute approximate surface area is 144 Å². The predicted molar refractivity (Wildman–Crippen MR) is 89.1 cm³/mol. The van der Waals surface area contributed by atoms with Gasteiger partial charge >= 0.3 is 0 Å². The lowest BCUT2D eigenvalue weighted by atomic mass is 10.2. The topological polar surface area (TPSA) is 96.3 Å². The van der Waals surface area contributed by atoms with Crippen LogP contribution in [-0.4, -0.2) is 68.5 Å². The van der Waals surface area contributed by atoms with E-state index in [-0.39, 0.29) is 17.9 Å². The average Bonchev–Trinajstić information content (AvgIpc) is 3.33. The molecule has 1 atom stereocenters. The minimum absolute atomic E-state index is 0.0206. The molecule has 2 saturated heterocycles. The maximum atomic E-state index is 12.5. The Morgan fingerprint density at radius 2 is 1.96 bits per heavy atom. The molecule has 0 bridgehead atoms. The van der Waals surface area contributed by atoms with Crippen LogP contribution in [0.1, 0.15) is 12.8 Å². The summed E-state index contributed by atoms with van der Waals surface area (Å²) >= 11 is 0. The van der Waals surface area contributed by atoms with Crippen molar-refractivity contribution in [2.24, 2.45) is 0 Å². The molecule has 4 rings (SSSR count). The first-order valence-electron chi connectivity index (χ1n) is 8.34. The van der Waals surface area contributed by atoms with E-state index in [9.17, 15) is 9.59 Å². The predicted octanol–water partition coefficient (Wildman–Crippen LogP) is -0.410. The van der Waals surface area contributed by atoms with Crippen LogP contribution in [0.2, 0.25) is 0 Å². The van der Waals surface area contributed by atoms with Crippen molar-refractivity contribution >= 4 is 17.6 Å². The molecule has 2 aliphatic heterocycles. The number of imidazole rings is 1. The number of carbonyl (C=O) groups excluding carboxylic acids is 2. The molecule has 0 radical (unpaired) electrons. The van der Waals surface area contributed by atoms with Gasteiger partial charge in [0, 0.05) is 51.1 Å².